The molecule has 0 radical (unpaired) electrons. The number of halogens is 1. The highest BCUT2D eigenvalue weighted by molar-refractivity contribution is 14.0. The summed E-state index contributed by atoms with van der Waals surface area (Å²) in [6, 6.07) is 10.3. The van der Waals surface area contributed by atoms with Gasteiger partial charge in [0.1, 0.15) is 11.4 Å². The summed E-state index contributed by atoms with van der Waals surface area (Å²) in [4.78, 5) is 4.35. The summed E-state index contributed by atoms with van der Waals surface area (Å²) in [5.41, 5.74) is 1.88. The molecular formula is C20H29IN4O2. The van der Waals surface area contributed by atoms with Gasteiger partial charge in [0.05, 0.1) is 18.3 Å². The molecule has 0 aliphatic carbocycles. The minimum absolute atomic E-state index is 0. The van der Waals surface area contributed by atoms with Crippen molar-refractivity contribution in [2.45, 2.75) is 58.2 Å². The van der Waals surface area contributed by atoms with Crippen LogP contribution in [0.3, 0.4) is 0 Å². The number of nitrogens with one attached hydrogen (secondary N) is 2. The van der Waals surface area contributed by atoms with Crippen LogP contribution in [0.1, 0.15) is 63.1 Å². The van der Waals surface area contributed by atoms with Gasteiger partial charge in [-0.1, -0.05) is 37.2 Å². The first-order valence-corrected chi connectivity index (χ1v) is 9.08. The lowest BCUT2D eigenvalue weighted by molar-refractivity contribution is 0.0694. The lowest BCUT2D eigenvalue weighted by Gasteiger charge is -2.38. The van der Waals surface area contributed by atoms with E-state index in [9.17, 15) is 0 Å². The summed E-state index contributed by atoms with van der Waals surface area (Å²) in [7, 11) is 1.77. The van der Waals surface area contributed by atoms with Gasteiger partial charge in [-0.05, 0) is 25.8 Å². The molecule has 2 aromatic rings. The quantitative estimate of drug-likeness (QED) is 0.383. The zero-order chi connectivity index (χ0) is 18.7. The molecule has 1 aliphatic rings. The summed E-state index contributed by atoms with van der Waals surface area (Å²) in [5.74, 6) is 2.80. The van der Waals surface area contributed by atoms with Crippen LogP contribution >= 0.6 is 24.0 Å². The highest BCUT2D eigenvalue weighted by Gasteiger charge is 2.33. The molecule has 0 amide bonds. The molecule has 0 bridgehead atoms. The Morgan fingerprint density at radius 3 is 2.74 bits per heavy atom. The average Bonchev–Trinajstić information content (AvgIpc) is 3.06. The van der Waals surface area contributed by atoms with Crippen LogP contribution in [0.25, 0.3) is 0 Å². The van der Waals surface area contributed by atoms with Crippen molar-refractivity contribution in [1.82, 2.24) is 15.8 Å². The van der Waals surface area contributed by atoms with Gasteiger partial charge in [0.15, 0.2) is 11.7 Å². The second-order valence-corrected chi connectivity index (χ2v) is 7.60. The number of hydrogen-bond acceptors (Lipinski definition) is 4. The van der Waals surface area contributed by atoms with E-state index in [1.54, 1.807) is 7.05 Å². The molecule has 1 aromatic carbocycles. The number of para-hydroxylation sites is 1. The fraction of sp³-hybridized carbons (Fsp3) is 0.500. The molecule has 0 saturated carbocycles. The van der Waals surface area contributed by atoms with Crippen molar-refractivity contribution in [3.8, 4) is 5.75 Å². The Kier molecular flexibility index (Phi) is 7.13. The van der Waals surface area contributed by atoms with Crippen molar-refractivity contribution >= 4 is 29.9 Å². The maximum absolute atomic E-state index is 6.10. The van der Waals surface area contributed by atoms with Crippen LogP contribution in [-0.4, -0.2) is 23.8 Å². The molecular weight excluding hydrogens is 455 g/mol. The standard InChI is InChI=1S/C20H28N4O2.HI/c1-13(2)16-10-14(26-24-16)12-22-19(21-5)23-17-11-20(3,4)25-18-9-7-6-8-15(17)18;/h6-10,13,17H,11-12H2,1-5H3,(H2,21,22,23);1H. The van der Waals surface area contributed by atoms with E-state index in [4.69, 9.17) is 9.26 Å². The van der Waals surface area contributed by atoms with E-state index >= 15 is 0 Å². The zero-order valence-corrected chi connectivity index (χ0v) is 18.9. The van der Waals surface area contributed by atoms with E-state index in [0.29, 0.717) is 12.5 Å². The minimum Gasteiger partial charge on any atom is -0.487 e. The van der Waals surface area contributed by atoms with Crippen molar-refractivity contribution in [2.75, 3.05) is 7.05 Å². The highest BCUT2D eigenvalue weighted by Crippen LogP contribution is 2.39. The number of hydrogen-bond donors (Lipinski definition) is 2. The molecule has 2 N–H and O–H groups in total. The van der Waals surface area contributed by atoms with Crippen LogP contribution < -0.4 is 15.4 Å². The third-order valence-electron chi connectivity index (χ3n) is 4.51. The van der Waals surface area contributed by atoms with Crippen molar-refractivity contribution in [3.05, 3.63) is 47.3 Å². The van der Waals surface area contributed by atoms with E-state index in [-0.39, 0.29) is 35.6 Å². The molecule has 1 aromatic heterocycles. The first-order chi connectivity index (χ1) is 12.4. The normalized spacial score (nSPS) is 18.3. The molecule has 6 nitrogen and oxygen atoms in total. The lowest BCUT2D eigenvalue weighted by Crippen LogP contribution is -2.45. The number of ether oxygens (including phenoxy) is 1. The van der Waals surface area contributed by atoms with Crippen molar-refractivity contribution in [3.63, 3.8) is 0 Å². The fourth-order valence-electron chi connectivity index (χ4n) is 3.15. The van der Waals surface area contributed by atoms with Crippen LogP contribution in [0.2, 0.25) is 0 Å². The van der Waals surface area contributed by atoms with Gasteiger partial charge in [0.25, 0.3) is 0 Å². The van der Waals surface area contributed by atoms with E-state index in [1.807, 2.05) is 24.3 Å². The Labute approximate surface area is 178 Å². The minimum atomic E-state index is -0.234. The number of aliphatic imine (C=N–C) groups is 1. The van der Waals surface area contributed by atoms with Crippen molar-refractivity contribution < 1.29 is 9.26 Å². The van der Waals surface area contributed by atoms with E-state index in [1.165, 1.54) is 0 Å². The molecule has 1 unspecified atom stereocenters. The Balaban J connectivity index is 0.00000261. The Morgan fingerprint density at radius 1 is 1.33 bits per heavy atom. The summed E-state index contributed by atoms with van der Waals surface area (Å²) in [5, 5.41) is 10.9. The predicted octanol–water partition coefficient (Wildman–Crippen LogP) is 4.38. The molecule has 0 saturated heterocycles. The van der Waals surface area contributed by atoms with Crippen LogP contribution in [0.4, 0.5) is 0 Å². The summed E-state index contributed by atoms with van der Waals surface area (Å²) in [6.45, 7) is 8.94. The third-order valence-corrected chi connectivity index (χ3v) is 4.51. The maximum atomic E-state index is 6.10. The number of fused-ring (bicyclic) bond motifs is 1. The van der Waals surface area contributed by atoms with E-state index in [0.717, 1.165) is 35.1 Å². The molecule has 0 spiro atoms. The van der Waals surface area contributed by atoms with E-state index < -0.39 is 0 Å². The first-order valence-electron chi connectivity index (χ1n) is 9.08. The largest absolute Gasteiger partial charge is 0.487 e. The molecule has 148 valence electrons. The molecule has 2 heterocycles. The number of benzene rings is 1. The van der Waals surface area contributed by atoms with Crippen LogP contribution in [0.15, 0.2) is 39.8 Å². The molecule has 1 aliphatic heterocycles. The molecule has 0 fully saturated rings. The van der Waals surface area contributed by atoms with Gasteiger partial charge >= 0.3 is 0 Å². The average molecular weight is 484 g/mol. The van der Waals surface area contributed by atoms with Gasteiger partial charge in [-0.3, -0.25) is 4.99 Å². The third kappa shape index (κ3) is 5.37. The van der Waals surface area contributed by atoms with Gasteiger partial charge in [-0.2, -0.15) is 0 Å². The number of guanidine groups is 1. The maximum Gasteiger partial charge on any atom is 0.191 e. The van der Waals surface area contributed by atoms with Gasteiger partial charge in [0, 0.05) is 25.1 Å². The molecule has 1 atom stereocenters. The number of nitrogens with zero attached hydrogens (tertiary/aromatic N) is 2. The predicted molar refractivity (Wildman–Crippen MR) is 118 cm³/mol. The van der Waals surface area contributed by atoms with Crippen molar-refractivity contribution in [1.29, 1.82) is 0 Å². The monoisotopic (exact) mass is 484 g/mol. The van der Waals surface area contributed by atoms with Gasteiger partial charge in [-0.15, -0.1) is 24.0 Å². The summed E-state index contributed by atoms with van der Waals surface area (Å²) < 4.78 is 11.5. The topological polar surface area (TPSA) is 71.7 Å². The smallest absolute Gasteiger partial charge is 0.191 e. The molecule has 3 rings (SSSR count). The van der Waals surface area contributed by atoms with Crippen molar-refractivity contribution in [2.24, 2.45) is 4.99 Å². The first kappa shape index (κ1) is 21.5. The Hall–Kier alpha value is -1.77. The van der Waals surface area contributed by atoms with Gasteiger partial charge < -0.3 is 19.9 Å². The van der Waals surface area contributed by atoms with E-state index in [2.05, 4.69) is 54.5 Å². The van der Waals surface area contributed by atoms with Gasteiger partial charge in [-0.25, -0.2) is 0 Å². The highest BCUT2D eigenvalue weighted by atomic mass is 127. The SMILES string of the molecule is CN=C(NCc1cc(C(C)C)no1)NC1CC(C)(C)Oc2ccccc21.I. The molecule has 27 heavy (non-hydrogen) atoms. The van der Waals surface area contributed by atoms with Crippen LogP contribution in [0, 0.1) is 0 Å². The number of rotatable bonds is 4. The summed E-state index contributed by atoms with van der Waals surface area (Å²) in [6.07, 6.45) is 0.852. The Morgan fingerprint density at radius 2 is 2.07 bits per heavy atom. The number of aromatic nitrogens is 1. The van der Waals surface area contributed by atoms with Crippen LogP contribution in [-0.2, 0) is 6.54 Å². The Bertz CT molecular complexity index is 786. The molecule has 7 heteroatoms. The second kappa shape index (κ2) is 8.95. The fourth-order valence-corrected chi connectivity index (χ4v) is 3.15. The lowest BCUT2D eigenvalue weighted by atomic mass is 9.90. The zero-order valence-electron chi connectivity index (χ0n) is 16.6. The summed E-state index contributed by atoms with van der Waals surface area (Å²) >= 11 is 0. The van der Waals surface area contributed by atoms with Crippen LogP contribution in [0.5, 0.6) is 5.75 Å². The van der Waals surface area contributed by atoms with Gasteiger partial charge in [0.2, 0.25) is 0 Å². The second-order valence-electron chi connectivity index (χ2n) is 7.60.